The summed E-state index contributed by atoms with van der Waals surface area (Å²) in [5.74, 6) is -0.550. The van der Waals surface area contributed by atoms with Gasteiger partial charge in [0.1, 0.15) is 6.04 Å². The molecule has 0 saturated heterocycles. The normalized spacial score (nSPS) is 13.7. The Balaban J connectivity index is 1.28. The van der Waals surface area contributed by atoms with Crippen LogP contribution in [0.15, 0.2) is 109 Å². The standard InChI is InChI=1S/C34H27ClN4O4/c35-29-20-24(36-34(41)27-12-6-5-11-26(27)22-8-2-1-3-9-22)14-16-28(29)33(40)32-31-17-15-25(18-19-39(42)43)38(31)21-23-10-4-7-13-30(23)37-32/h1-17,20,32,37H,18-19,21H2,(H,36,41). The Labute approximate surface area is 253 Å². The minimum atomic E-state index is -0.774. The van der Waals surface area contributed by atoms with Gasteiger partial charge in [0.05, 0.1) is 11.4 Å². The number of aromatic nitrogens is 1. The lowest BCUT2D eigenvalue weighted by molar-refractivity contribution is -0.479. The molecule has 0 aliphatic carbocycles. The van der Waals surface area contributed by atoms with Crippen LogP contribution in [0, 0.1) is 10.1 Å². The first-order valence-corrected chi connectivity index (χ1v) is 14.2. The minimum absolute atomic E-state index is 0.199. The predicted molar refractivity (Wildman–Crippen MR) is 168 cm³/mol. The molecular weight excluding hydrogens is 564 g/mol. The van der Waals surface area contributed by atoms with Crippen LogP contribution in [0.1, 0.15) is 43.7 Å². The molecule has 0 saturated carbocycles. The number of para-hydroxylation sites is 1. The van der Waals surface area contributed by atoms with E-state index in [1.807, 2.05) is 89.5 Å². The van der Waals surface area contributed by atoms with Crippen LogP contribution >= 0.6 is 11.6 Å². The van der Waals surface area contributed by atoms with Crippen molar-refractivity contribution < 1.29 is 14.5 Å². The van der Waals surface area contributed by atoms with Crippen molar-refractivity contribution in [2.75, 3.05) is 17.2 Å². The first-order chi connectivity index (χ1) is 20.9. The van der Waals surface area contributed by atoms with E-state index in [-0.39, 0.29) is 34.6 Å². The molecule has 43 heavy (non-hydrogen) atoms. The van der Waals surface area contributed by atoms with E-state index >= 15 is 0 Å². The van der Waals surface area contributed by atoms with Gasteiger partial charge in [-0.25, -0.2) is 0 Å². The maximum absolute atomic E-state index is 14.0. The molecule has 2 heterocycles. The van der Waals surface area contributed by atoms with E-state index in [1.165, 1.54) is 0 Å². The molecule has 4 aromatic carbocycles. The van der Waals surface area contributed by atoms with Crippen molar-refractivity contribution in [1.82, 2.24) is 4.57 Å². The van der Waals surface area contributed by atoms with Gasteiger partial charge < -0.3 is 15.2 Å². The lowest BCUT2D eigenvalue weighted by atomic mass is 9.99. The van der Waals surface area contributed by atoms with Crippen molar-refractivity contribution in [3.8, 4) is 11.1 Å². The zero-order valence-electron chi connectivity index (χ0n) is 23.0. The van der Waals surface area contributed by atoms with Crippen molar-refractivity contribution in [3.05, 3.63) is 152 Å². The highest BCUT2D eigenvalue weighted by atomic mass is 35.5. The minimum Gasteiger partial charge on any atom is -0.370 e. The molecule has 1 aliphatic rings. The van der Waals surface area contributed by atoms with Crippen LogP contribution in [-0.4, -0.2) is 27.7 Å². The SMILES string of the molecule is O=C(Nc1ccc(C(=O)C2Nc3ccccc3Cn3c(CC[N+](=O)[O-])ccc32)c(Cl)c1)c1ccccc1-c1ccccc1. The molecule has 1 aromatic heterocycles. The zero-order chi connectivity index (χ0) is 29.9. The third kappa shape index (κ3) is 5.78. The number of nitrogens with one attached hydrogen (secondary N) is 2. The van der Waals surface area contributed by atoms with Gasteiger partial charge in [0.2, 0.25) is 6.54 Å². The Morgan fingerprint density at radius 1 is 0.907 bits per heavy atom. The summed E-state index contributed by atoms with van der Waals surface area (Å²) in [5.41, 5.74) is 6.25. The van der Waals surface area contributed by atoms with E-state index in [9.17, 15) is 19.7 Å². The van der Waals surface area contributed by atoms with E-state index in [0.29, 0.717) is 29.1 Å². The van der Waals surface area contributed by atoms with E-state index < -0.39 is 6.04 Å². The Bertz CT molecular complexity index is 1850. The van der Waals surface area contributed by atoms with Gasteiger partial charge in [0, 0.05) is 45.4 Å². The van der Waals surface area contributed by atoms with Gasteiger partial charge in [-0.3, -0.25) is 19.7 Å². The molecule has 1 atom stereocenters. The van der Waals surface area contributed by atoms with Gasteiger partial charge in [0.15, 0.2) is 5.78 Å². The summed E-state index contributed by atoms with van der Waals surface area (Å²) < 4.78 is 1.97. The molecule has 1 unspecified atom stereocenters. The second-order valence-electron chi connectivity index (χ2n) is 10.3. The molecule has 2 N–H and O–H groups in total. The third-order valence-corrected chi connectivity index (χ3v) is 7.92. The fourth-order valence-corrected chi connectivity index (χ4v) is 5.77. The number of carbonyl (C=O) groups is 2. The molecule has 214 valence electrons. The summed E-state index contributed by atoms with van der Waals surface area (Å²) in [7, 11) is 0. The number of carbonyl (C=O) groups excluding carboxylic acids is 2. The molecule has 0 radical (unpaired) electrons. The van der Waals surface area contributed by atoms with Gasteiger partial charge in [-0.2, -0.15) is 0 Å². The summed E-state index contributed by atoms with van der Waals surface area (Å²) in [4.78, 5) is 38.0. The largest absolute Gasteiger partial charge is 0.370 e. The van der Waals surface area contributed by atoms with Crippen LogP contribution < -0.4 is 10.6 Å². The number of nitrogens with zero attached hydrogens (tertiary/aromatic N) is 2. The van der Waals surface area contributed by atoms with Crippen molar-refractivity contribution in [2.24, 2.45) is 0 Å². The van der Waals surface area contributed by atoms with Crippen molar-refractivity contribution in [1.29, 1.82) is 0 Å². The van der Waals surface area contributed by atoms with E-state index in [0.717, 1.165) is 28.1 Å². The second-order valence-corrected chi connectivity index (χ2v) is 10.7. The Kier molecular flexibility index (Phi) is 7.77. The monoisotopic (exact) mass is 590 g/mol. The average Bonchev–Trinajstić information content (AvgIpc) is 3.33. The molecule has 6 rings (SSSR count). The Hall–Kier alpha value is -5.21. The molecule has 5 aromatic rings. The van der Waals surface area contributed by atoms with Crippen molar-refractivity contribution in [3.63, 3.8) is 0 Å². The van der Waals surface area contributed by atoms with E-state index in [4.69, 9.17) is 11.6 Å². The van der Waals surface area contributed by atoms with Gasteiger partial charge in [-0.05, 0) is 59.2 Å². The van der Waals surface area contributed by atoms with Crippen LogP contribution in [0.2, 0.25) is 5.02 Å². The van der Waals surface area contributed by atoms with E-state index in [2.05, 4.69) is 10.6 Å². The van der Waals surface area contributed by atoms with Crippen LogP contribution in [0.25, 0.3) is 11.1 Å². The number of hydrogen-bond acceptors (Lipinski definition) is 5. The summed E-state index contributed by atoms with van der Waals surface area (Å²) >= 11 is 6.68. The highest BCUT2D eigenvalue weighted by molar-refractivity contribution is 6.34. The van der Waals surface area contributed by atoms with Gasteiger partial charge in [0.25, 0.3) is 5.91 Å². The number of hydrogen-bond donors (Lipinski definition) is 2. The predicted octanol–water partition coefficient (Wildman–Crippen LogP) is 7.28. The Morgan fingerprint density at radius 3 is 2.44 bits per heavy atom. The van der Waals surface area contributed by atoms with Crippen LogP contribution in [0.3, 0.4) is 0 Å². The molecule has 0 fully saturated rings. The lowest BCUT2D eigenvalue weighted by Gasteiger charge is -2.19. The van der Waals surface area contributed by atoms with Crippen LogP contribution in [0.5, 0.6) is 0 Å². The van der Waals surface area contributed by atoms with Gasteiger partial charge in [-0.15, -0.1) is 0 Å². The molecule has 0 spiro atoms. The quantitative estimate of drug-likeness (QED) is 0.112. The number of benzene rings is 4. The second kappa shape index (κ2) is 12.0. The van der Waals surface area contributed by atoms with Crippen LogP contribution in [-0.2, 0) is 13.0 Å². The summed E-state index contributed by atoms with van der Waals surface area (Å²) in [5, 5.41) is 17.6. The lowest BCUT2D eigenvalue weighted by Crippen LogP contribution is -2.23. The average molecular weight is 591 g/mol. The summed E-state index contributed by atoms with van der Waals surface area (Å²) in [6.45, 7) is 0.275. The van der Waals surface area contributed by atoms with Crippen molar-refractivity contribution >= 4 is 34.7 Å². The highest BCUT2D eigenvalue weighted by Gasteiger charge is 2.31. The number of rotatable bonds is 8. The fourth-order valence-electron chi connectivity index (χ4n) is 5.49. The number of ketones is 1. The molecule has 9 heteroatoms. The molecule has 8 nitrogen and oxygen atoms in total. The topological polar surface area (TPSA) is 106 Å². The maximum atomic E-state index is 14.0. The van der Waals surface area contributed by atoms with E-state index in [1.54, 1.807) is 24.3 Å². The van der Waals surface area contributed by atoms with Crippen molar-refractivity contribution in [2.45, 2.75) is 19.0 Å². The summed E-state index contributed by atoms with van der Waals surface area (Å²) in [6.07, 6.45) is 0.249. The Morgan fingerprint density at radius 2 is 1.65 bits per heavy atom. The number of anilines is 2. The number of nitro groups is 1. The molecule has 1 amide bonds. The highest BCUT2D eigenvalue weighted by Crippen LogP contribution is 2.34. The number of halogens is 1. The van der Waals surface area contributed by atoms with Crippen LogP contribution in [0.4, 0.5) is 11.4 Å². The maximum Gasteiger partial charge on any atom is 0.256 e. The molecule has 0 bridgehead atoms. The smallest absolute Gasteiger partial charge is 0.256 e. The first kappa shape index (κ1) is 27.9. The summed E-state index contributed by atoms with van der Waals surface area (Å²) in [6, 6.07) is 32.5. The molecular formula is C34H27ClN4O4. The third-order valence-electron chi connectivity index (χ3n) is 7.61. The fraction of sp³-hybridized carbons (Fsp3) is 0.118. The molecule has 1 aliphatic heterocycles. The number of Topliss-reactive ketones (excluding diaryl/α,β-unsaturated/α-hetero) is 1. The zero-order valence-corrected chi connectivity index (χ0v) is 23.8. The number of fused-ring (bicyclic) bond motifs is 2. The van der Waals surface area contributed by atoms with Gasteiger partial charge in [-0.1, -0.05) is 78.3 Å². The number of amides is 1. The first-order valence-electron chi connectivity index (χ1n) is 13.8. The van der Waals surface area contributed by atoms with Gasteiger partial charge >= 0.3 is 0 Å².